The van der Waals surface area contributed by atoms with Crippen molar-refractivity contribution in [1.82, 2.24) is 4.90 Å². The smallest absolute Gasteiger partial charge is 0.399 e. The Labute approximate surface area is 186 Å². The summed E-state index contributed by atoms with van der Waals surface area (Å²) in [6.07, 6.45) is 5.83. The monoisotopic (exact) mass is 426 g/mol. The van der Waals surface area contributed by atoms with Crippen molar-refractivity contribution in [3.05, 3.63) is 23.8 Å². The Morgan fingerprint density at radius 3 is 2.19 bits per heavy atom. The number of aliphatic hydroxyl groups is 1. The Morgan fingerprint density at radius 1 is 0.968 bits per heavy atom. The first-order valence-electron chi connectivity index (χ1n) is 11.8. The molecule has 168 valence electrons. The number of piperidine rings is 1. The molecule has 6 nitrogen and oxygen atoms in total. The third-order valence-electron chi connectivity index (χ3n) is 8.33. The van der Waals surface area contributed by atoms with E-state index < -0.39 is 23.9 Å². The van der Waals surface area contributed by atoms with E-state index in [-0.39, 0.29) is 11.9 Å². The molecule has 1 aromatic carbocycles. The molecule has 7 heteroatoms. The van der Waals surface area contributed by atoms with E-state index in [1.54, 1.807) is 6.92 Å². The fourth-order valence-corrected chi connectivity index (χ4v) is 5.46. The van der Waals surface area contributed by atoms with Gasteiger partial charge >= 0.3 is 7.12 Å². The van der Waals surface area contributed by atoms with Gasteiger partial charge in [0, 0.05) is 17.6 Å². The first-order valence-corrected chi connectivity index (χ1v) is 11.8. The molecule has 4 aliphatic rings. The zero-order valence-corrected chi connectivity index (χ0v) is 19.5. The lowest BCUT2D eigenvalue weighted by Gasteiger charge is -2.47. The van der Waals surface area contributed by atoms with Crippen LogP contribution < -0.4 is 10.4 Å². The number of carbonyl (C=O) groups excluding carboxylic acids is 1. The minimum atomic E-state index is -1.49. The molecule has 2 saturated heterocycles. The van der Waals surface area contributed by atoms with Crippen LogP contribution in [0.2, 0.25) is 0 Å². The van der Waals surface area contributed by atoms with Crippen molar-refractivity contribution in [3.8, 4) is 0 Å². The first kappa shape index (κ1) is 21.4. The summed E-state index contributed by atoms with van der Waals surface area (Å²) in [5.74, 6) is -0.212. The average Bonchev–Trinajstić information content (AvgIpc) is 3.02. The van der Waals surface area contributed by atoms with Crippen molar-refractivity contribution in [1.29, 1.82) is 0 Å². The summed E-state index contributed by atoms with van der Waals surface area (Å²) in [4.78, 5) is 17.7. The second-order valence-corrected chi connectivity index (χ2v) is 11.0. The standard InChI is InChI=1S/C24H35BN2O4/c1-22(2)23(3,4)31-25(30-22)16-9-10-19-20(13-16)27(21(28)24(19,5)29)18-14-17(15-18)26-11-7-6-8-12-26/h9-10,13,17-18,29H,6-8,11-12,14-15H2,1-5H3/t17-,18+,24?. The molecule has 0 aromatic heterocycles. The zero-order valence-electron chi connectivity index (χ0n) is 19.5. The van der Waals surface area contributed by atoms with Crippen LogP contribution in [0.5, 0.6) is 0 Å². The summed E-state index contributed by atoms with van der Waals surface area (Å²) >= 11 is 0. The van der Waals surface area contributed by atoms with Crippen LogP contribution >= 0.6 is 0 Å². The second kappa shape index (κ2) is 7.04. The number of rotatable bonds is 3. The zero-order chi connectivity index (χ0) is 22.2. The van der Waals surface area contributed by atoms with E-state index in [4.69, 9.17) is 9.31 Å². The summed E-state index contributed by atoms with van der Waals surface area (Å²) in [6.45, 7) is 12.1. The molecule has 1 atom stereocenters. The minimum Gasteiger partial charge on any atom is -0.399 e. The molecule has 3 heterocycles. The maximum atomic E-state index is 13.2. The number of hydrogen-bond donors (Lipinski definition) is 1. The van der Waals surface area contributed by atoms with Crippen LogP contribution in [-0.4, -0.2) is 59.4 Å². The largest absolute Gasteiger partial charge is 0.494 e. The van der Waals surface area contributed by atoms with Crippen LogP contribution in [0.15, 0.2) is 18.2 Å². The number of anilines is 1. The predicted octanol–water partition coefficient (Wildman–Crippen LogP) is 2.56. The molecule has 1 saturated carbocycles. The van der Waals surface area contributed by atoms with Gasteiger partial charge in [-0.1, -0.05) is 18.6 Å². The first-order chi connectivity index (χ1) is 14.5. The lowest BCUT2D eigenvalue weighted by molar-refractivity contribution is -0.135. The van der Waals surface area contributed by atoms with Gasteiger partial charge in [-0.15, -0.1) is 0 Å². The van der Waals surface area contributed by atoms with Gasteiger partial charge in [0.1, 0.15) is 0 Å². The number of likely N-dealkylation sites (tertiary alicyclic amines) is 1. The lowest BCUT2D eigenvalue weighted by Crippen LogP contribution is -2.57. The highest BCUT2D eigenvalue weighted by molar-refractivity contribution is 6.62. The summed E-state index contributed by atoms with van der Waals surface area (Å²) in [6, 6.07) is 6.47. The highest BCUT2D eigenvalue weighted by Crippen LogP contribution is 2.45. The molecular weight excluding hydrogens is 391 g/mol. The topological polar surface area (TPSA) is 62.2 Å². The predicted molar refractivity (Wildman–Crippen MR) is 121 cm³/mol. The van der Waals surface area contributed by atoms with E-state index in [0.717, 1.165) is 24.0 Å². The molecule has 1 amide bonds. The van der Waals surface area contributed by atoms with Crippen molar-refractivity contribution < 1.29 is 19.2 Å². The summed E-state index contributed by atoms with van der Waals surface area (Å²) in [5, 5.41) is 11.0. The van der Waals surface area contributed by atoms with Crippen LogP contribution in [-0.2, 0) is 19.7 Å². The van der Waals surface area contributed by atoms with Crippen LogP contribution in [0.25, 0.3) is 0 Å². The van der Waals surface area contributed by atoms with Crippen LogP contribution in [0.4, 0.5) is 5.69 Å². The number of nitrogens with zero attached hydrogens (tertiary/aromatic N) is 2. The Kier molecular flexibility index (Phi) is 4.87. The van der Waals surface area contributed by atoms with Crippen molar-refractivity contribution in [2.24, 2.45) is 0 Å². The quantitative estimate of drug-likeness (QED) is 0.753. The Balaban J connectivity index is 1.40. The molecule has 0 spiro atoms. The molecule has 31 heavy (non-hydrogen) atoms. The number of benzene rings is 1. The maximum Gasteiger partial charge on any atom is 0.494 e. The Morgan fingerprint density at radius 2 is 1.58 bits per heavy atom. The third-order valence-corrected chi connectivity index (χ3v) is 8.33. The molecule has 1 unspecified atom stereocenters. The van der Waals surface area contributed by atoms with Gasteiger partial charge in [0.15, 0.2) is 5.60 Å². The second-order valence-electron chi connectivity index (χ2n) is 11.0. The minimum absolute atomic E-state index is 0.140. The van der Waals surface area contributed by atoms with E-state index in [2.05, 4.69) is 4.90 Å². The van der Waals surface area contributed by atoms with Gasteiger partial charge in [0.25, 0.3) is 5.91 Å². The van der Waals surface area contributed by atoms with Crippen molar-refractivity contribution in [2.75, 3.05) is 18.0 Å². The van der Waals surface area contributed by atoms with E-state index in [9.17, 15) is 9.90 Å². The fraction of sp³-hybridized carbons (Fsp3) is 0.708. The van der Waals surface area contributed by atoms with Gasteiger partial charge < -0.3 is 24.2 Å². The molecule has 3 fully saturated rings. The fourth-order valence-electron chi connectivity index (χ4n) is 5.46. The SMILES string of the molecule is CC1(O)C(=O)N([C@H]2C[C@@H](N3CCCCC3)C2)c2cc(B3OC(C)(C)C(C)(C)O3)ccc21. The number of hydrogen-bond acceptors (Lipinski definition) is 5. The summed E-state index contributed by atoms with van der Waals surface area (Å²) in [7, 11) is -0.486. The number of amides is 1. The van der Waals surface area contributed by atoms with E-state index in [0.29, 0.717) is 11.6 Å². The molecule has 0 radical (unpaired) electrons. The van der Waals surface area contributed by atoms with Crippen molar-refractivity contribution in [2.45, 2.75) is 95.6 Å². The molecule has 1 N–H and O–H groups in total. The van der Waals surface area contributed by atoms with Gasteiger partial charge in [0.2, 0.25) is 0 Å². The summed E-state index contributed by atoms with van der Waals surface area (Å²) in [5.41, 5.74) is 0.0454. The number of fused-ring (bicyclic) bond motifs is 1. The normalized spacial score (nSPS) is 34.7. The van der Waals surface area contributed by atoms with E-state index >= 15 is 0 Å². The molecular formula is C24H35BN2O4. The lowest BCUT2D eigenvalue weighted by atomic mass is 9.77. The van der Waals surface area contributed by atoms with E-state index in [1.165, 1.54) is 32.4 Å². The van der Waals surface area contributed by atoms with Crippen LogP contribution in [0.3, 0.4) is 0 Å². The highest BCUT2D eigenvalue weighted by Gasteiger charge is 2.54. The molecule has 0 bridgehead atoms. The van der Waals surface area contributed by atoms with E-state index in [1.807, 2.05) is 50.8 Å². The van der Waals surface area contributed by atoms with Gasteiger partial charge in [-0.2, -0.15) is 0 Å². The molecule has 3 aliphatic heterocycles. The number of carbonyl (C=O) groups is 1. The average molecular weight is 426 g/mol. The highest BCUT2D eigenvalue weighted by atomic mass is 16.7. The van der Waals surface area contributed by atoms with Gasteiger partial charge in [-0.05, 0) is 84.9 Å². The molecule has 1 aliphatic carbocycles. The van der Waals surface area contributed by atoms with Gasteiger partial charge in [-0.3, -0.25) is 4.79 Å². The van der Waals surface area contributed by atoms with Crippen molar-refractivity contribution in [3.63, 3.8) is 0 Å². The Bertz CT molecular complexity index is 872. The Hall–Kier alpha value is -1.41. The van der Waals surface area contributed by atoms with Crippen LogP contribution in [0, 0.1) is 0 Å². The summed E-state index contributed by atoms with van der Waals surface area (Å²) < 4.78 is 12.5. The van der Waals surface area contributed by atoms with Gasteiger partial charge in [0.05, 0.1) is 16.9 Å². The van der Waals surface area contributed by atoms with Gasteiger partial charge in [-0.25, -0.2) is 0 Å². The molecule has 5 rings (SSSR count). The molecule has 1 aromatic rings. The maximum absolute atomic E-state index is 13.2. The van der Waals surface area contributed by atoms with Crippen molar-refractivity contribution >= 4 is 24.2 Å². The third kappa shape index (κ3) is 3.27. The van der Waals surface area contributed by atoms with Crippen LogP contribution in [0.1, 0.15) is 72.3 Å².